The molecule has 10 aromatic rings. The van der Waals surface area contributed by atoms with E-state index in [-0.39, 0.29) is 0 Å². The van der Waals surface area contributed by atoms with Crippen molar-refractivity contribution >= 4 is 0 Å². The van der Waals surface area contributed by atoms with Crippen LogP contribution in [0, 0.1) is 0 Å². The molecule has 0 spiro atoms. The molecule has 0 radical (unpaired) electrons. The Morgan fingerprint density at radius 2 is 0.639 bits per heavy atom. The molecule has 1 aromatic heterocycles. The third-order valence-electron chi connectivity index (χ3n) is 12.1. The van der Waals surface area contributed by atoms with Gasteiger partial charge in [0.25, 0.3) is 0 Å². The lowest BCUT2D eigenvalue weighted by Crippen LogP contribution is -2.29. The third-order valence-corrected chi connectivity index (χ3v) is 12.1. The van der Waals surface area contributed by atoms with Crippen molar-refractivity contribution in [2.45, 2.75) is 5.41 Å². The lowest BCUT2D eigenvalue weighted by Gasteiger charge is -2.35. The lowest BCUT2D eigenvalue weighted by atomic mass is 9.66. The molecule has 1 aliphatic rings. The van der Waals surface area contributed by atoms with Crippen molar-refractivity contribution in [2.75, 3.05) is 0 Å². The maximum absolute atomic E-state index is 5.07. The number of aromatic nitrogens is 3. The van der Waals surface area contributed by atoms with Gasteiger partial charge in [0, 0.05) is 11.1 Å². The van der Waals surface area contributed by atoms with Gasteiger partial charge in [0.2, 0.25) is 0 Å². The zero-order chi connectivity index (χ0) is 40.6. The summed E-state index contributed by atoms with van der Waals surface area (Å²) in [5, 5.41) is 0. The van der Waals surface area contributed by atoms with Crippen LogP contribution >= 0.6 is 0 Å². The zero-order valence-electron chi connectivity index (χ0n) is 33.4. The molecule has 11 rings (SSSR count). The molecule has 0 saturated heterocycles. The van der Waals surface area contributed by atoms with Gasteiger partial charge in [-0.05, 0) is 120 Å². The Balaban J connectivity index is 1.26. The molecule has 3 heteroatoms. The average Bonchev–Trinajstić information content (AvgIpc) is 3.65. The van der Waals surface area contributed by atoms with Crippen LogP contribution in [-0.4, -0.2) is 15.0 Å². The molecule has 0 aliphatic heterocycles. The fraction of sp³-hybridized carbons (Fsp3) is 0.0172. The monoisotopic (exact) mass is 777 g/mol. The highest BCUT2D eigenvalue weighted by Gasteiger charge is 2.47. The van der Waals surface area contributed by atoms with Gasteiger partial charge < -0.3 is 0 Å². The second-order valence-electron chi connectivity index (χ2n) is 15.6. The molecule has 0 amide bonds. The summed E-state index contributed by atoms with van der Waals surface area (Å²) in [6.45, 7) is 0. The lowest BCUT2D eigenvalue weighted by molar-refractivity contribution is 0.770. The van der Waals surface area contributed by atoms with Crippen LogP contribution in [0.4, 0.5) is 0 Å². The first-order valence-corrected chi connectivity index (χ1v) is 20.7. The molecule has 1 heterocycles. The summed E-state index contributed by atoms with van der Waals surface area (Å²) < 4.78 is 0. The molecule has 0 unspecified atom stereocenters. The Morgan fingerprint density at radius 3 is 1.10 bits per heavy atom. The summed E-state index contributed by atoms with van der Waals surface area (Å²) >= 11 is 0. The Kier molecular flexibility index (Phi) is 9.05. The number of nitrogens with zero attached hydrogens (tertiary/aromatic N) is 3. The predicted molar refractivity (Wildman–Crippen MR) is 250 cm³/mol. The molecule has 0 bridgehead atoms. The standard InChI is InChI=1S/C58H39N3/c1-6-18-40(19-7-1)46-32-47(41-20-8-2-9-21-41)35-50(34-46)58(51-36-48(42-22-10-3-11-23-42)33-49(37-51)43-24-12-4-13-25-43)54-29-17-16-28-52(54)53-31-30-45(38-55(53)58)57-60-39-59-56(61-57)44-26-14-5-15-27-44/h1-39H. The second kappa shape index (κ2) is 15.3. The Morgan fingerprint density at radius 1 is 0.262 bits per heavy atom. The van der Waals surface area contributed by atoms with Gasteiger partial charge in [-0.25, -0.2) is 15.0 Å². The zero-order valence-corrected chi connectivity index (χ0v) is 33.4. The summed E-state index contributed by atoms with van der Waals surface area (Å²) in [4.78, 5) is 14.5. The molecule has 0 fully saturated rings. The van der Waals surface area contributed by atoms with E-state index in [1.54, 1.807) is 6.33 Å². The fourth-order valence-corrected chi connectivity index (χ4v) is 9.25. The van der Waals surface area contributed by atoms with Crippen LogP contribution in [0.1, 0.15) is 22.3 Å². The van der Waals surface area contributed by atoms with Crippen LogP contribution in [0.5, 0.6) is 0 Å². The van der Waals surface area contributed by atoms with Gasteiger partial charge >= 0.3 is 0 Å². The van der Waals surface area contributed by atoms with Crippen molar-refractivity contribution < 1.29 is 0 Å². The topological polar surface area (TPSA) is 38.7 Å². The average molecular weight is 778 g/mol. The molecular formula is C58H39N3. The van der Waals surface area contributed by atoms with E-state index in [0.29, 0.717) is 11.6 Å². The fourth-order valence-electron chi connectivity index (χ4n) is 9.25. The quantitative estimate of drug-likeness (QED) is 0.154. The van der Waals surface area contributed by atoms with E-state index < -0.39 is 5.41 Å². The van der Waals surface area contributed by atoms with E-state index >= 15 is 0 Å². The van der Waals surface area contributed by atoms with Gasteiger partial charge in [0.1, 0.15) is 6.33 Å². The molecular weight excluding hydrogens is 739 g/mol. The second-order valence-corrected chi connectivity index (χ2v) is 15.6. The molecule has 0 saturated carbocycles. The Labute approximate surface area is 356 Å². The molecule has 61 heavy (non-hydrogen) atoms. The van der Waals surface area contributed by atoms with E-state index in [2.05, 4.69) is 205 Å². The molecule has 1 aliphatic carbocycles. The summed E-state index contributed by atoms with van der Waals surface area (Å²) in [7, 11) is 0. The van der Waals surface area contributed by atoms with Gasteiger partial charge in [-0.3, -0.25) is 0 Å². The van der Waals surface area contributed by atoms with Crippen LogP contribution in [0.15, 0.2) is 237 Å². The van der Waals surface area contributed by atoms with Crippen LogP contribution in [0.3, 0.4) is 0 Å². The van der Waals surface area contributed by atoms with Gasteiger partial charge in [-0.15, -0.1) is 0 Å². The van der Waals surface area contributed by atoms with E-state index in [1.807, 2.05) is 30.3 Å². The summed E-state index contributed by atoms with van der Waals surface area (Å²) in [5.74, 6) is 1.28. The third kappa shape index (κ3) is 6.44. The van der Waals surface area contributed by atoms with Crippen molar-refractivity contribution in [3.63, 3.8) is 0 Å². The molecule has 0 atom stereocenters. The van der Waals surface area contributed by atoms with Crippen LogP contribution < -0.4 is 0 Å². The first-order valence-electron chi connectivity index (χ1n) is 20.7. The summed E-state index contributed by atoms with van der Waals surface area (Å²) in [6.07, 6.45) is 1.63. The Hall–Kier alpha value is -8.01. The highest BCUT2D eigenvalue weighted by Crippen LogP contribution is 2.58. The van der Waals surface area contributed by atoms with E-state index in [9.17, 15) is 0 Å². The minimum Gasteiger partial charge on any atom is -0.217 e. The smallest absolute Gasteiger partial charge is 0.163 e. The normalized spacial score (nSPS) is 12.4. The number of hydrogen-bond acceptors (Lipinski definition) is 3. The van der Waals surface area contributed by atoms with Crippen molar-refractivity contribution in [1.82, 2.24) is 15.0 Å². The number of fused-ring (bicyclic) bond motifs is 3. The minimum atomic E-state index is -0.764. The molecule has 9 aromatic carbocycles. The summed E-state index contributed by atoms with van der Waals surface area (Å²) in [6, 6.07) is 83.3. The van der Waals surface area contributed by atoms with Crippen molar-refractivity contribution in [3.8, 4) is 78.4 Å². The van der Waals surface area contributed by atoms with Crippen molar-refractivity contribution in [1.29, 1.82) is 0 Å². The highest BCUT2D eigenvalue weighted by molar-refractivity contribution is 5.91. The predicted octanol–water partition coefficient (Wildman–Crippen LogP) is 14.2. The number of benzene rings is 9. The van der Waals surface area contributed by atoms with Gasteiger partial charge in [-0.2, -0.15) is 0 Å². The Bertz CT molecular complexity index is 2920. The molecule has 286 valence electrons. The molecule has 0 N–H and O–H groups in total. The van der Waals surface area contributed by atoms with E-state index in [1.165, 1.54) is 55.6 Å². The number of hydrogen-bond donors (Lipinski definition) is 0. The van der Waals surface area contributed by atoms with Gasteiger partial charge in [-0.1, -0.05) is 188 Å². The van der Waals surface area contributed by atoms with Crippen LogP contribution in [-0.2, 0) is 5.41 Å². The highest BCUT2D eigenvalue weighted by atomic mass is 15.0. The van der Waals surface area contributed by atoms with Gasteiger partial charge in [0.15, 0.2) is 11.6 Å². The molecule has 3 nitrogen and oxygen atoms in total. The maximum atomic E-state index is 5.07. The maximum Gasteiger partial charge on any atom is 0.163 e. The van der Waals surface area contributed by atoms with E-state index in [0.717, 1.165) is 33.4 Å². The summed E-state index contributed by atoms with van der Waals surface area (Å²) in [5.41, 5.74) is 17.6. The van der Waals surface area contributed by atoms with Crippen LogP contribution in [0.2, 0.25) is 0 Å². The van der Waals surface area contributed by atoms with Crippen molar-refractivity contribution in [3.05, 3.63) is 259 Å². The first kappa shape index (κ1) is 36.1. The first-order chi connectivity index (χ1) is 30.2. The van der Waals surface area contributed by atoms with Crippen molar-refractivity contribution in [2.24, 2.45) is 0 Å². The SMILES string of the molecule is c1ccc(-c2cc(-c3ccccc3)cc(C3(c4cc(-c5ccccc5)cc(-c5ccccc5)c4)c4ccccc4-c4ccc(-c5ncnc(-c6ccccc6)n5)cc43)c2)cc1. The van der Waals surface area contributed by atoms with Gasteiger partial charge in [0.05, 0.1) is 5.41 Å². The minimum absolute atomic E-state index is 0.632. The number of rotatable bonds is 8. The van der Waals surface area contributed by atoms with E-state index in [4.69, 9.17) is 9.97 Å². The van der Waals surface area contributed by atoms with Crippen LogP contribution in [0.25, 0.3) is 78.4 Å². The largest absolute Gasteiger partial charge is 0.217 e.